The minimum Gasteiger partial charge on any atom is -0.301 e. The second-order valence-electron chi connectivity index (χ2n) is 4.49. The Bertz CT molecular complexity index is 829. The maximum atomic E-state index is 13.5. The van der Waals surface area contributed by atoms with Crippen LogP contribution in [0.25, 0.3) is 5.65 Å². The maximum absolute atomic E-state index is 13.5. The highest BCUT2D eigenvalue weighted by atomic mass is 19.1. The van der Waals surface area contributed by atoms with E-state index in [-0.39, 0.29) is 5.65 Å². The van der Waals surface area contributed by atoms with Crippen molar-refractivity contribution in [2.24, 2.45) is 0 Å². The molecule has 0 bridgehead atoms. The minimum atomic E-state index is -0.666. The molecule has 104 valence electrons. The topological polar surface area (TPSA) is 30.2 Å². The molecule has 0 amide bonds. The van der Waals surface area contributed by atoms with E-state index < -0.39 is 11.6 Å². The number of aryl methyl sites for hydroxylation is 1. The summed E-state index contributed by atoms with van der Waals surface area (Å²) in [7, 11) is 0. The molecule has 0 unspecified atom stereocenters. The number of aromatic nitrogens is 3. The molecule has 3 rings (SSSR count). The Hall–Kier alpha value is -2.74. The van der Waals surface area contributed by atoms with Crippen LogP contribution in [0.15, 0.2) is 42.9 Å². The molecule has 0 aliphatic rings. The minimum absolute atomic E-state index is 0.129. The Labute approximate surface area is 120 Å². The third-order valence-corrected chi connectivity index (χ3v) is 2.91. The van der Waals surface area contributed by atoms with Gasteiger partial charge in [-0.1, -0.05) is 12.0 Å². The van der Waals surface area contributed by atoms with Gasteiger partial charge in [-0.3, -0.25) is 0 Å². The van der Waals surface area contributed by atoms with Gasteiger partial charge in [-0.2, -0.15) is 0 Å². The number of nitrogens with zero attached hydrogens (tertiary/aromatic N) is 3. The molecule has 3 aromatic heterocycles. The first-order valence-corrected chi connectivity index (χ1v) is 6.45. The summed E-state index contributed by atoms with van der Waals surface area (Å²) in [5, 5.41) is 0. The molecule has 0 fully saturated rings. The van der Waals surface area contributed by atoms with Crippen LogP contribution in [0.5, 0.6) is 0 Å². The number of imidazole rings is 1. The van der Waals surface area contributed by atoms with Crippen LogP contribution in [0.3, 0.4) is 0 Å². The van der Waals surface area contributed by atoms with Crippen LogP contribution >= 0.6 is 0 Å². The molecule has 0 N–H and O–H groups in total. The lowest BCUT2D eigenvalue weighted by atomic mass is 10.2. The Balaban J connectivity index is 1.72. The molecule has 0 saturated heterocycles. The first-order chi connectivity index (χ1) is 10.2. The normalized spacial score (nSPS) is 10.4. The van der Waals surface area contributed by atoms with E-state index >= 15 is 0 Å². The zero-order chi connectivity index (χ0) is 14.7. The Morgan fingerprint density at radius 2 is 2.10 bits per heavy atom. The second-order valence-corrected chi connectivity index (χ2v) is 4.49. The van der Waals surface area contributed by atoms with Gasteiger partial charge in [-0.15, -0.1) is 0 Å². The molecule has 0 spiro atoms. The van der Waals surface area contributed by atoms with Crippen molar-refractivity contribution in [1.82, 2.24) is 14.4 Å². The average molecular weight is 283 g/mol. The Kier molecular flexibility index (Phi) is 3.61. The molecule has 0 saturated carbocycles. The summed E-state index contributed by atoms with van der Waals surface area (Å²) in [4.78, 5) is 8.23. The molecule has 0 aromatic carbocycles. The van der Waals surface area contributed by atoms with Crippen molar-refractivity contribution < 1.29 is 8.78 Å². The quantitative estimate of drug-likeness (QED) is 0.677. The lowest BCUT2D eigenvalue weighted by Gasteiger charge is -1.93. The van der Waals surface area contributed by atoms with Gasteiger partial charge in [0, 0.05) is 37.5 Å². The van der Waals surface area contributed by atoms with Gasteiger partial charge in [0.25, 0.3) is 0 Å². The Morgan fingerprint density at radius 1 is 1.19 bits per heavy atom. The van der Waals surface area contributed by atoms with Crippen molar-refractivity contribution in [1.29, 1.82) is 0 Å². The fourth-order valence-corrected chi connectivity index (χ4v) is 1.98. The molecule has 0 radical (unpaired) electrons. The zero-order valence-corrected chi connectivity index (χ0v) is 11.1. The van der Waals surface area contributed by atoms with Gasteiger partial charge in [0.1, 0.15) is 11.5 Å². The van der Waals surface area contributed by atoms with Gasteiger partial charge in [0.15, 0.2) is 11.5 Å². The number of pyridine rings is 2. The molecule has 3 nitrogen and oxygen atoms in total. The van der Waals surface area contributed by atoms with E-state index in [1.807, 2.05) is 18.2 Å². The Morgan fingerprint density at radius 3 is 2.90 bits per heavy atom. The standard InChI is InChI=1S/C16H11F2N3/c17-12-9-15(18)16-20-14(11-21(16)10-12)7-2-1-5-13-6-3-4-8-19-13/h3-4,6,8-11H,2,7H2. The van der Waals surface area contributed by atoms with E-state index in [0.29, 0.717) is 24.2 Å². The fourth-order valence-electron chi connectivity index (χ4n) is 1.98. The van der Waals surface area contributed by atoms with Crippen LogP contribution in [-0.4, -0.2) is 14.4 Å². The first kappa shape index (κ1) is 13.3. The largest absolute Gasteiger partial charge is 0.301 e. The summed E-state index contributed by atoms with van der Waals surface area (Å²) in [6.07, 6.45) is 5.65. The van der Waals surface area contributed by atoms with Gasteiger partial charge in [0.05, 0.1) is 5.69 Å². The lowest BCUT2D eigenvalue weighted by molar-refractivity contribution is 0.576. The molecular weight excluding hydrogens is 272 g/mol. The third-order valence-electron chi connectivity index (χ3n) is 2.91. The smallest absolute Gasteiger partial charge is 0.173 e. The molecule has 21 heavy (non-hydrogen) atoms. The first-order valence-electron chi connectivity index (χ1n) is 6.45. The molecule has 0 aliphatic heterocycles. The fraction of sp³-hybridized carbons (Fsp3) is 0.125. The van der Waals surface area contributed by atoms with E-state index in [2.05, 4.69) is 21.8 Å². The second kappa shape index (κ2) is 5.71. The van der Waals surface area contributed by atoms with Gasteiger partial charge < -0.3 is 4.40 Å². The monoisotopic (exact) mass is 283 g/mol. The van der Waals surface area contributed by atoms with Crippen LogP contribution in [0.2, 0.25) is 0 Å². The predicted octanol–water partition coefficient (Wildman–Crippen LogP) is 2.99. The van der Waals surface area contributed by atoms with E-state index in [4.69, 9.17) is 0 Å². The van der Waals surface area contributed by atoms with Gasteiger partial charge in [-0.05, 0) is 18.1 Å². The molecule has 3 aromatic rings. The van der Waals surface area contributed by atoms with Gasteiger partial charge in [-0.25, -0.2) is 18.7 Å². The molecule has 3 heterocycles. The SMILES string of the molecule is Fc1cc(F)c2nc(CCC#Cc3ccccn3)cn2c1. The highest BCUT2D eigenvalue weighted by molar-refractivity contribution is 5.41. The van der Waals surface area contributed by atoms with Crippen LogP contribution in [-0.2, 0) is 6.42 Å². The summed E-state index contributed by atoms with van der Waals surface area (Å²) >= 11 is 0. The van der Waals surface area contributed by atoms with E-state index in [1.165, 1.54) is 10.6 Å². The number of hydrogen-bond donors (Lipinski definition) is 0. The number of halogens is 2. The van der Waals surface area contributed by atoms with Crippen molar-refractivity contribution in [2.75, 3.05) is 0 Å². The molecule has 0 atom stereocenters. The molecule has 0 aliphatic carbocycles. The highest BCUT2D eigenvalue weighted by Crippen LogP contribution is 2.12. The average Bonchev–Trinajstić information content (AvgIpc) is 2.88. The lowest BCUT2D eigenvalue weighted by Crippen LogP contribution is -1.89. The van der Waals surface area contributed by atoms with Crippen LogP contribution in [0.1, 0.15) is 17.8 Å². The number of rotatable bonds is 2. The van der Waals surface area contributed by atoms with Crippen molar-refractivity contribution in [3.05, 3.63) is 65.9 Å². The van der Waals surface area contributed by atoms with Gasteiger partial charge >= 0.3 is 0 Å². The summed E-state index contributed by atoms with van der Waals surface area (Å²) < 4.78 is 27.9. The summed E-state index contributed by atoms with van der Waals surface area (Å²) in [5.74, 6) is 4.64. The van der Waals surface area contributed by atoms with Crippen molar-refractivity contribution >= 4 is 5.65 Å². The van der Waals surface area contributed by atoms with Crippen LogP contribution in [0, 0.1) is 23.5 Å². The number of hydrogen-bond acceptors (Lipinski definition) is 2. The van der Waals surface area contributed by atoms with E-state index in [0.717, 1.165) is 6.07 Å². The van der Waals surface area contributed by atoms with Crippen LogP contribution in [0.4, 0.5) is 8.78 Å². The van der Waals surface area contributed by atoms with Crippen LogP contribution < -0.4 is 0 Å². The molecule has 5 heteroatoms. The van der Waals surface area contributed by atoms with E-state index in [9.17, 15) is 8.78 Å². The maximum Gasteiger partial charge on any atom is 0.173 e. The summed E-state index contributed by atoms with van der Waals surface area (Å²) in [6.45, 7) is 0. The number of fused-ring (bicyclic) bond motifs is 1. The summed E-state index contributed by atoms with van der Waals surface area (Å²) in [6, 6.07) is 6.36. The third kappa shape index (κ3) is 3.06. The molecular formula is C16H11F2N3. The summed E-state index contributed by atoms with van der Waals surface area (Å²) in [5.41, 5.74) is 1.51. The predicted molar refractivity (Wildman–Crippen MR) is 74.5 cm³/mol. The van der Waals surface area contributed by atoms with Gasteiger partial charge in [0.2, 0.25) is 0 Å². The zero-order valence-electron chi connectivity index (χ0n) is 11.1. The van der Waals surface area contributed by atoms with Crippen molar-refractivity contribution in [3.8, 4) is 11.8 Å². The van der Waals surface area contributed by atoms with Crippen molar-refractivity contribution in [2.45, 2.75) is 12.8 Å². The van der Waals surface area contributed by atoms with Crippen molar-refractivity contribution in [3.63, 3.8) is 0 Å². The highest BCUT2D eigenvalue weighted by Gasteiger charge is 2.07. The van der Waals surface area contributed by atoms with E-state index in [1.54, 1.807) is 12.4 Å².